The highest BCUT2D eigenvalue weighted by Gasteiger charge is 2.13. The third kappa shape index (κ3) is 3.52. The van der Waals surface area contributed by atoms with Crippen LogP contribution in [0.3, 0.4) is 0 Å². The summed E-state index contributed by atoms with van der Waals surface area (Å²) >= 11 is 5.84. The molecule has 0 bridgehead atoms. The van der Waals surface area contributed by atoms with Gasteiger partial charge in [0, 0.05) is 26.5 Å². The van der Waals surface area contributed by atoms with E-state index in [4.69, 9.17) is 0 Å². The topological polar surface area (TPSA) is 24.9 Å². The number of rotatable bonds is 4. The van der Waals surface area contributed by atoms with Gasteiger partial charge >= 0.3 is 0 Å². The van der Waals surface area contributed by atoms with Crippen molar-refractivity contribution in [2.75, 3.05) is 7.05 Å². The van der Waals surface area contributed by atoms with Crippen LogP contribution in [0, 0.1) is 3.57 Å². The summed E-state index contributed by atoms with van der Waals surface area (Å²) in [5.74, 6) is 0. The predicted molar refractivity (Wildman–Crippen MR) is 86.6 cm³/mol. The van der Waals surface area contributed by atoms with Crippen LogP contribution < -0.4 is 5.32 Å². The first-order valence-electron chi connectivity index (χ1n) is 5.72. The maximum atomic E-state index is 4.21. The summed E-state index contributed by atoms with van der Waals surface area (Å²) in [5, 5.41) is 3.38. The van der Waals surface area contributed by atoms with Crippen molar-refractivity contribution in [1.29, 1.82) is 0 Å². The number of hydrogen-bond acceptors (Lipinski definition) is 2. The van der Waals surface area contributed by atoms with Gasteiger partial charge in [0.15, 0.2) is 0 Å². The van der Waals surface area contributed by atoms with Crippen LogP contribution in [-0.2, 0) is 6.42 Å². The Balaban J connectivity index is 2.23. The fourth-order valence-corrected chi connectivity index (χ4v) is 3.10. The number of pyridine rings is 1. The highest BCUT2D eigenvalue weighted by Crippen LogP contribution is 2.23. The van der Waals surface area contributed by atoms with Crippen molar-refractivity contribution in [3.05, 3.63) is 61.9 Å². The molecule has 0 aliphatic rings. The van der Waals surface area contributed by atoms with Gasteiger partial charge in [0.25, 0.3) is 0 Å². The van der Waals surface area contributed by atoms with Crippen molar-refractivity contribution in [2.24, 2.45) is 0 Å². The lowest BCUT2D eigenvalue weighted by atomic mass is 10.0. The second-order valence-electron chi connectivity index (χ2n) is 4.08. The first kappa shape index (κ1) is 14.0. The van der Waals surface area contributed by atoms with Gasteiger partial charge in [-0.05, 0) is 75.2 Å². The highest BCUT2D eigenvalue weighted by molar-refractivity contribution is 14.1. The molecule has 4 heteroatoms. The molecule has 0 radical (unpaired) electrons. The van der Waals surface area contributed by atoms with Gasteiger partial charge in [-0.3, -0.25) is 4.98 Å². The quantitative estimate of drug-likeness (QED) is 0.763. The summed E-state index contributed by atoms with van der Waals surface area (Å²) in [7, 11) is 2.00. The minimum absolute atomic E-state index is 0.314. The third-order valence-corrected chi connectivity index (χ3v) is 4.25. The molecule has 0 fully saturated rings. The minimum Gasteiger partial charge on any atom is -0.313 e. The van der Waals surface area contributed by atoms with Crippen LogP contribution in [0.1, 0.15) is 17.2 Å². The van der Waals surface area contributed by atoms with E-state index in [-0.39, 0.29) is 0 Å². The maximum absolute atomic E-state index is 4.21. The van der Waals surface area contributed by atoms with Gasteiger partial charge in [0.05, 0.1) is 0 Å². The summed E-state index contributed by atoms with van der Waals surface area (Å²) in [4.78, 5) is 4.21. The van der Waals surface area contributed by atoms with Gasteiger partial charge < -0.3 is 5.32 Å². The molecule has 94 valence electrons. The van der Waals surface area contributed by atoms with Gasteiger partial charge in [-0.15, -0.1) is 0 Å². The maximum Gasteiger partial charge on any atom is 0.0410 e. The largest absolute Gasteiger partial charge is 0.313 e. The lowest BCUT2D eigenvalue weighted by Crippen LogP contribution is -2.19. The van der Waals surface area contributed by atoms with E-state index in [1.54, 1.807) is 0 Å². The average molecular weight is 417 g/mol. The Morgan fingerprint density at radius 2 is 2.11 bits per heavy atom. The fourth-order valence-electron chi connectivity index (χ4n) is 1.93. The highest BCUT2D eigenvalue weighted by atomic mass is 127. The van der Waals surface area contributed by atoms with Crippen LogP contribution in [0.4, 0.5) is 0 Å². The standard InChI is InChI=1S/C14H14BrIN2/c1-17-14(12-4-2-3-5-13(12)16)7-10-6-11(15)9-18-8-10/h2-6,8-9,14,17H,7H2,1H3. The Kier molecular flexibility index (Phi) is 5.14. The lowest BCUT2D eigenvalue weighted by molar-refractivity contribution is 0.588. The second kappa shape index (κ2) is 6.63. The average Bonchev–Trinajstić information content (AvgIpc) is 2.37. The van der Waals surface area contributed by atoms with Crippen molar-refractivity contribution in [1.82, 2.24) is 10.3 Å². The fraction of sp³-hybridized carbons (Fsp3) is 0.214. The zero-order chi connectivity index (χ0) is 13.0. The Morgan fingerprint density at radius 3 is 2.78 bits per heavy atom. The molecule has 0 aliphatic carbocycles. The number of benzene rings is 1. The normalized spacial score (nSPS) is 12.4. The number of aromatic nitrogens is 1. The zero-order valence-corrected chi connectivity index (χ0v) is 13.8. The van der Waals surface area contributed by atoms with Gasteiger partial charge in [0.2, 0.25) is 0 Å². The summed E-state index contributed by atoms with van der Waals surface area (Å²) in [6.07, 6.45) is 4.66. The Hall–Kier alpha value is -0.460. The van der Waals surface area contributed by atoms with E-state index in [9.17, 15) is 0 Å². The van der Waals surface area contributed by atoms with Gasteiger partial charge in [0.1, 0.15) is 0 Å². The van der Waals surface area contributed by atoms with Crippen LogP contribution in [-0.4, -0.2) is 12.0 Å². The Labute approximate surface area is 129 Å². The van der Waals surface area contributed by atoms with E-state index in [2.05, 4.69) is 79.2 Å². The van der Waals surface area contributed by atoms with Gasteiger partial charge in [-0.25, -0.2) is 0 Å². The number of hydrogen-bond donors (Lipinski definition) is 1. The molecule has 0 amide bonds. The molecular formula is C14H14BrIN2. The first-order chi connectivity index (χ1) is 8.70. The van der Waals surface area contributed by atoms with E-state index in [0.717, 1.165) is 10.9 Å². The number of likely N-dealkylation sites (N-methyl/N-ethyl adjacent to an activating group) is 1. The van der Waals surface area contributed by atoms with E-state index >= 15 is 0 Å². The third-order valence-electron chi connectivity index (χ3n) is 2.83. The van der Waals surface area contributed by atoms with Crippen molar-refractivity contribution < 1.29 is 0 Å². The van der Waals surface area contributed by atoms with E-state index in [0.29, 0.717) is 6.04 Å². The molecule has 0 spiro atoms. The SMILES string of the molecule is CNC(Cc1cncc(Br)c1)c1ccccc1I. The molecule has 1 heterocycles. The van der Waals surface area contributed by atoms with Crippen molar-refractivity contribution in [3.8, 4) is 0 Å². The minimum atomic E-state index is 0.314. The van der Waals surface area contributed by atoms with Crippen LogP contribution >= 0.6 is 38.5 Å². The molecule has 0 aliphatic heterocycles. The summed E-state index contributed by atoms with van der Waals surface area (Å²) in [5.41, 5.74) is 2.56. The van der Waals surface area contributed by atoms with Crippen LogP contribution in [0.25, 0.3) is 0 Å². The molecule has 2 aromatic rings. The molecule has 2 rings (SSSR count). The van der Waals surface area contributed by atoms with Crippen LogP contribution in [0.5, 0.6) is 0 Å². The van der Waals surface area contributed by atoms with E-state index in [1.165, 1.54) is 14.7 Å². The molecule has 1 aromatic carbocycles. The Bertz CT molecular complexity index is 531. The lowest BCUT2D eigenvalue weighted by Gasteiger charge is -2.18. The molecule has 2 nitrogen and oxygen atoms in total. The van der Waals surface area contributed by atoms with Gasteiger partial charge in [-0.2, -0.15) is 0 Å². The summed E-state index contributed by atoms with van der Waals surface area (Å²) < 4.78 is 2.31. The predicted octanol–water partition coefficient (Wildman–Crippen LogP) is 3.95. The Morgan fingerprint density at radius 1 is 1.33 bits per heavy atom. The number of nitrogens with zero attached hydrogens (tertiary/aromatic N) is 1. The smallest absolute Gasteiger partial charge is 0.0410 e. The van der Waals surface area contributed by atoms with Crippen molar-refractivity contribution in [2.45, 2.75) is 12.5 Å². The van der Waals surface area contributed by atoms with Gasteiger partial charge in [-0.1, -0.05) is 18.2 Å². The number of nitrogens with one attached hydrogen (secondary N) is 1. The summed E-state index contributed by atoms with van der Waals surface area (Å²) in [6.45, 7) is 0. The van der Waals surface area contributed by atoms with Crippen LogP contribution in [0.15, 0.2) is 47.2 Å². The first-order valence-corrected chi connectivity index (χ1v) is 7.59. The zero-order valence-electron chi connectivity index (χ0n) is 10.0. The number of halogens is 2. The molecule has 0 saturated heterocycles. The monoisotopic (exact) mass is 416 g/mol. The molecule has 1 atom stereocenters. The molecule has 1 unspecified atom stereocenters. The second-order valence-corrected chi connectivity index (χ2v) is 6.16. The van der Waals surface area contributed by atoms with Crippen molar-refractivity contribution in [3.63, 3.8) is 0 Å². The van der Waals surface area contributed by atoms with Crippen LogP contribution in [0.2, 0.25) is 0 Å². The molecular weight excluding hydrogens is 403 g/mol. The molecule has 18 heavy (non-hydrogen) atoms. The van der Waals surface area contributed by atoms with Crippen molar-refractivity contribution >= 4 is 38.5 Å². The summed E-state index contributed by atoms with van der Waals surface area (Å²) in [6, 6.07) is 10.9. The molecule has 0 saturated carbocycles. The molecule has 1 N–H and O–H groups in total. The molecule has 1 aromatic heterocycles. The van der Waals surface area contributed by atoms with E-state index in [1.807, 2.05) is 19.4 Å². The van der Waals surface area contributed by atoms with E-state index < -0.39 is 0 Å².